The molecule has 0 atom stereocenters. The van der Waals surface area contributed by atoms with Gasteiger partial charge in [-0.25, -0.2) is 0 Å². The molecule has 0 unspecified atom stereocenters. The van der Waals surface area contributed by atoms with Crippen molar-refractivity contribution in [1.82, 2.24) is 5.32 Å². The van der Waals surface area contributed by atoms with Crippen molar-refractivity contribution in [2.24, 2.45) is 0 Å². The minimum atomic E-state index is -0.135. The Morgan fingerprint density at radius 1 is 1.19 bits per heavy atom. The van der Waals surface area contributed by atoms with Crippen molar-refractivity contribution in [2.75, 3.05) is 20.3 Å². The van der Waals surface area contributed by atoms with E-state index in [0.717, 1.165) is 0 Å². The van der Waals surface area contributed by atoms with E-state index in [9.17, 15) is 4.79 Å². The van der Waals surface area contributed by atoms with Crippen molar-refractivity contribution in [1.29, 1.82) is 0 Å². The molecule has 0 saturated carbocycles. The van der Waals surface area contributed by atoms with E-state index in [-0.39, 0.29) is 5.91 Å². The summed E-state index contributed by atoms with van der Waals surface area (Å²) in [5.41, 5.74) is 0.564. The Morgan fingerprint density at radius 3 is 2.38 bits per heavy atom. The lowest BCUT2D eigenvalue weighted by Gasteiger charge is -2.11. The van der Waals surface area contributed by atoms with E-state index >= 15 is 0 Å². The highest BCUT2D eigenvalue weighted by Crippen LogP contribution is 2.28. The molecule has 88 valence electrons. The molecule has 4 heteroatoms. The second-order valence-electron chi connectivity index (χ2n) is 3.11. The second kappa shape index (κ2) is 6.00. The van der Waals surface area contributed by atoms with Crippen LogP contribution in [0.1, 0.15) is 24.2 Å². The number of ether oxygens (including phenoxy) is 2. The molecule has 0 heterocycles. The molecule has 4 nitrogen and oxygen atoms in total. The van der Waals surface area contributed by atoms with E-state index < -0.39 is 0 Å². The quantitative estimate of drug-likeness (QED) is 0.828. The van der Waals surface area contributed by atoms with Crippen LogP contribution in [0.3, 0.4) is 0 Å². The standard InChI is InChI=1S/C12H17NO3/c1-4-15-10-7-6-9(12(14)13-3)8-11(10)16-5-2/h6-8H,4-5H2,1-3H3,(H,13,14). The van der Waals surface area contributed by atoms with Crippen LogP contribution in [0.5, 0.6) is 11.5 Å². The predicted octanol–water partition coefficient (Wildman–Crippen LogP) is 1.84. The predicted molar refractivity (Wildman–Crippen MR) is 62.2 cm³/mol. The zero-order valence-electron chi connectivity index (χ0n) is 9.87. The highest BCUT2D eigenvalue weighted by atomic mass is 16.5. The van der Waals surface area contributed by atoms with E-state index in [1.807, 2.05) is 13.8 Å². The first kappa shape index (κ1) is 12.4. The number of hydrogen-bond acceptors (Lipinski definition) is 3. The van der Waals surface area contributed by atoms with Crippen LogP contribution in [0, 0.1) is 0 Å². The van der Waals surface area contributed by atoms with Crippen molar-refractivity contribution in [3.8, 4) is 11.5 Å². The number of nitrogens with one attached hydrogen (secondary N) is 1. The van der Waals surface area contributed by atoms with Gasteiger partial charge in [-0.3, -0.25) is 4.79 Å². The molecular weight excluding hydrogens is 206 g/mol. The molecule has 0 aliphatic carbocycles. The van der Waals surface area contributed by atoms with E-state index in [1.165, 1.54) is 0 Å². The Morgan fingerprint density at radius 2 is 1.81 bits per heavy atom. The summed E-state index contributed by atoms with van der Waals surface area (Å²) in [6.45, 7) is 4.90. The summed E-state index contributed by atoms with van der Waals surface area (Å²) in [7, 11) is 1.60. The molecule has 0 fully saturated rings. The van der Waals surface area contributed by atoms with Gasteiger partial charge < -0.3 is 14.8 Å². The van der Waals surface area contributed by atoms with E-state index in [2.05, 4.69) is 5.32 Å². The minimum absolute atomic E-state index is 0.135. The molecule has 16 heavy (non-hydrogen) atoms. The average Bonchev–Trinajstić information content (AvgIpc) is 2.31. The molecule has 0 radical (unpaired) electrons. The average molecular weight is 223 g/mol. The Kier molecular flexibility index (Phi) is 4.64. The van der Waals surface area contributed by atoms with Crippen LogP contribution in [-0.2, 0) is 0 Å². The fourth-order valence-corrected chi connectivity index (χ4v) is 1.34. The Bertz CT molecular complexity index is 363. The lowest BCUT2D eigenvalue weighted by atomic mass is 10.2. The Hall–Kier alpha value is -1.71. The molecule has 1 rings (SSSR count). The van der Waals surface area contributed by atoms with Crippen LogP contribution in [0.2, 0.25) is 0 Å². The molecular formula is C12H17NO3. The number of carbonyl (C=O) groups is 1. The summed E-state index contributed by atoms with van der Waals surface area (Å²) in [5.74, 6) is 1.13. The van der Waals surface area contributed by atoms with Gasteiger partial charge in [0.2, 0.25) is 0 Å². The minimum Gasteiger partial charge on any atom is -0.490 e. The molecule has 0 aliphatic heterocycles. The molecule has 0 aromatic heterocycles. The third-order valence-electron chi connectivity index (χ3n) is 2.03. The zero-order valence-corrected chi connectivity index (χ0v) is 9.87. The molecule has 0 aliphatic rings. The SMILES string of the molecule is CCOc1ccc(C(=O)NC)cc1OCC. The van der Waals surface area contributed by atoms with Crippen molar-refractivity contribution in [3.05, 3.63) is 23.8 Å². The van der Waals surface area contributed by atoms with Crippen LogP contribution in [0.15, 0.2) is 18.2 Å². The summed E-state index contributed by atoms with van der Waals surface area (Å²) >= 11 is 0. The van der Waals surface area contributed by atoms with Gasteiger partial charge in [-0.2, -0.15) is 0 Å². The molecule has 0 spiro atoms. The third-order valence-corrected chi connectivity index (χ3v) is 2.03. The summed E-state index contributed by atoms with van der Waals surface area (Å²) in [4.78, 5) is 11.4. The number of carbonyl (C=O) groups excluding carboxylic acids is 1. The van der Waals surface area contributed by atoms with E-state index in [4.69, 9.17) is 9.47 Å². The summed E-state index contributed by atoms with van der Waals surface area (Å²) in [6.07, 6.45) is 0. The Labute approximate surface area is 95.6 Å². The smallest absolute Gasteiger partial charge is 0.251 e. The molecule has 1 N–H and O–H groups in total. The van der Waals surface area contributed by atoms with Crippen LogP contribution < -0.4 is 14.8 Å². The summed E-state index contributed by atoms with van der Waals surface area (Å²) in [6, 6.07) is 5.15. The maximum Gasteiger partial charge on any atom is 0.251 e. The summed E-state index contributed by atoms with van der Waals surface area (Å²) in [5, 5.41) is 2.57. The first-order valence-electron chi connectivity index (χ1n) is 5.34. The topological polar surface area (TPSA) is 47.6 Å². The largest absolute Gasteiger partial charge is 0.490 e. The highest BCUT2D eigenvalue weighted by Gasteiger charge is 2.09. The lowest BCUT2D eigenvalue weighted by Crippen LogP contribution is -2.17. The number of benzene rings is 1. The highest BCUT2D eigenvalue weighted by molar-refractivity contribution is 5.94. The Balaban J connectivity index is 3.01. The number of rotatable bonds is 5. The van der Waals surface area contributed by atoms with Crippen LogP contribution >= 0.6 is 0 Å². The molecule has 1 aromatic carbocycles. The number of amides is 1. The van der Waals surface area contributed by atoms with Crippen molar-refractivity contribution in [3.63, 3.8) is 0 Å². The van der Waals surface area contributed by atoms with Gasteiger partial charge in [0.25, 0.3) is 5.91 Å². The van der Waals surface area contributed by atoms with Gasteiger partial charge in [0.1, 0.15) is 0 Å². The van der Waals surface area contributed by atoms with Crippen LogP contribution in [0.25, 0.3) is 0 Å². The molecule has 0 saturated heterocycles. The van der Waals surface area contributed by atoms with Crippen molar-refractivity contribution < 1.29 is 14.3 Å². The monoisotopic (exact) mass is 223 g/mol. The molecule has 1 aromatic rings. The first-order chi connectivity index (χ1) is 7.72. The fourth-order valence-electron chi connectivity index (χ4n) is 1.34. The third kappa shape index (κ3) is 2.89. The van der Waals surface area contributed by atoms with E-state index in [0.29, 0.717) is 30.3 Å². The maximum absolute atomic E-state index is 11.4. The molecule has 0 bridgehead atoms. The van der Waals surface area contributed by atoms with Crippen molar-refractivity contribution in [2.45, 2.75) is 13.8 Å². The van der Waals surface area contributed by atoms with Crippen molar-refractivity contribution >= 4 is 5.91 Å². The van der Waals surface area contributed by atoms with Gasteiger partial charge >= 0.3 is 0 Å². The fraction of sp³-hybridized carbons (Fsp3) is 0.417. The maximum atomic E-state index is 11.4. The van der Waals surface area contributed by atoms with Gasteiger partial charge in [-0.15, -0.1) is 0 Å². The normalized spacial score (nSPS) is 9.69. The van der Waals surface area contributed by atoms with Gasteiger partial charge in [-0.1, -0.05) is 0 Å². The van der Waals surface area contributed by atoms with Crippen LogP contribution in [-0.4, -0.2) is 26.2 Å². The van der Waals surface area contributed by atoms with Gasteiger partial charge in [0.05, 0.1) is 13.2 Å². The van der Waals surface area contributed by atoms with Gasteiger partial charge in [-0.05, 0) is 32.0 Å². The molecule has 1 amide bonds. The second-order valence-corrected chi connectivity index (χ2v) is 3.11. The van der Waals surface area contributed by atoms with Gasteiger partial charge in [0, 0.05) is 12.6 Å². The lowest BCUT2D eigenvalue weighted by molar-refractivity contribution is 0.0962. The van der Waals surface area contributed by atoms with E-state index in [1.54, 1.807) is 25.2 Å². The van der Waals surface area contributed by atoms with Gasteiger partial charge in [0.15, 0.2) is 11.5 Å². The number of hydrogen-bond donors (Lipinski definition) is 1. The summed E-state index contributed by atoms with van der Waals surface area (Å²) < 4.78 is 10.8. The van der Waals surface area contributed by atoms with Crippen LogP contribution in [0.4, 0.5) is 0 Å². The first-order valence-corrected chi connectivity index (χ1v) is 5.34. The zero-order chi connectivity index (χ0) is 12.0.